The average molecular weight is 312 g/mol. The van der Waals surface area contributed by atoms with Gasteiger partial charge in [-0.3, -0.25) is 4.57 Å². The van der Waals surface area contributed by atoms with E-state index < -0.39 is 19.4 Å². The second kappa shape index (κ2) is 5.44. The van der Waals surface area contributed by atoms with Crippen LogP contribution >= 0.6 is 7.60 Å². The molecule has 1 fully saturated rings. The molecule has 1 unspecified atom stereocenters. The van der Waals surface area contributed by atoms with E-state index in [1.807, 2.05) is 0 Å². The molecule has 1 aliphatic heterocycles. The largest absolute Gasteiger partial charge is 0.493 e. The number of fused-ring (bicyclic) bond motifs is 1. The molecule has 1 heterocycles. The number of hydrogen-bond donors (Lipinski definition) is 0. The maximum absolute atomic E-state index is 12.5. The summed E-state index contributed by atoms with van der Waals surface area (Å²) in [6.45, 7) is 0.657. The third-order valence-electron chi connectivity index (χ3n) is 3.71. The predicted octanol–water partition coefficient (Wildman–Crippen LogP) is 3.13. The minimum absolute atomic E-state index is 0.369. The van der Waals surface area contributed by atoms with E-state index in [2.05, 4.69) is 0 Å². The van der Waals surface area contributed by atoms with E-state index in [1.54, 1.807) is 18.2 Å². The predicted molar refractivity (Wildman–Crippen MR) is 74.4 cm³/mol. The van der Waals surface area contributed by atoms with Gasteiger partial charge in [0, 0.05) is 19.8 Å². The summed E-state index contributed by atoms with van der Waals surface area (Å²) in [5.74, 6) is -0.323. The van der Waals surface area contributed by atoms with Gasteiger partial charge in [0.05, 0.1) is 12.2 Å². The summed E-state index contributed by atoms with van der Waals surface area (Å²) >= 11 is 0. The molecule has 6 nitrogen and oxygen atoms in total. The Labute approximate surface area is 122 Å². The fourth-order valence-electron chi connectivity index (χ4n) is 2.25. The Morgan fingerprint density at radius 3 is 2.62 bits per heavy atom. The molecule has 0 radical (unpaired) electrons. The molecule has 1 saturated carbocycles. The van der Waals surface area contributed by atoms with Crippen LogP contribution in [0.3, 0.4) is 0 Å². The highest BCUT2D eigenvalue weighted by Gasteiger charge is 2.46. The van der Waals surface area contributed by atoms with E-state index in [9.17, 15) is 9.36 Å². The molecule has 2 aliphatic rings. The van der Waals surface area contributed by atoms with E-state index in [-0.39, 0.29) is 0 Å². The molecule has 0 amide bonds. The van der Waals surface area contributed by atoms with Crippen LogP contribution in [0.25, 0.3) is 0 Å². The second-order valence-electron chi connectivity index (χ2n) is 5.17. The number of hydrogen-bond acceptors (Lipinski definition) is 6. The van der Waals surface area contributed by atoms with Crippen LogP contribution in [-0.2, 0) is 18.3 Å². The van der Waals surface area contributed by atoms with Crippen molar-refractivity contribution in [3.8, 4) is 5.75 Å². The number of carbonyl (C=O) groups is 1. The third kappa shape index (κ3) is 2.71. The van der Waals surface area contributed by atoms with Crippen molar-refractivity contribution in [2.45, 2.75) is 18.7 Å². The van der Waals surface area contributed by atoms with Crippen LogP contribution in [-0.4, -0.2) is 26.8 Å². The highest BCUT2D eigenvalue weighted by molar-refractivity contribution is 7.54. The number of esters is 1. The number of cyclic esters (lactones) is 1. The highest BCUT2D eigenvalue weighted by Crippen LogP contribution is 2.63. The molecule has 1 aromatic carbocycles. The van der Waals surface area contributed by atoms with Crippen molar-refractivity contribution in [2.24, 2.45) is 5.92 Å². The lowest BCUT2D eigenvalue weighted by atomic mass is 10.1. The van der Waals surface area contributed by atoms with Crippen molar-refractivity contribution < 1.29 is 27.9 Å². The van der Waals surface area contributed by atoms with Crippen LogP contribution < -0.4 is 4.74 Å². The van der Waals surface area contributed by atoms with Crippen LogP contribution in [0.15, 0.2) is 18.2 Å². The van der Waals surface area contributed by atoms with Crippen LogP contribution in [0.2, 0.25) is 0 Å². The van der Waals surface area contributed by atoms with Gasteiger partial charge in [-0.2, -0.15) is 0 Å². The standard InChI is InChI=1S/C14H17O6P/c1-17-21(16,18-2)14-12-7-10(19-8-9-3-4-9)5-6-11(12)13(15)20-14/h5-7,9,14H,3-4,8H2,1-2H3. The summed E-state index contributed by atoms with van der Waals surface area (Å²) in [5, 5.41) is 0. The molecule has 1 aromatic rings. The monoisotopic (exact) mass is 312 g/mol. The quantitative estimate of drug-likeness (QED) is 0.593. The lowest BCUT2D eigenvalue weighted by Crippen LogP contribution is -2.04. The lowest BCUT2D eigenvalue weighted by Gasteiger charge is -2.20. The van der Waals surface area contributed by atoms with Crippen molar-refractivity contribution in [3.63, 3.8) is 0 Å². The molecule has 0 saturated heterocycles. The Kier molecular flexibility index (Phi) is 3.78. The molecule has 0 bridgehead atoms. The molecule has 3 rings (SSSR count). The van der Waals surface area contributed by atoms with Gasteiger partial charge < -0.3 is 18.5 Å². The first-order valence-electron chi connectivity index (χ1n) is 6.76. The topological polar surface area (TPSA) is 71.1 Å². The van der Waals surface area contributed by atoms with Gasteiger partial charge in [0.2, 0.25) is 5.85 Å². The summed E-state index contributed by atoms with van der Waals surface area (Å²) < 4.78 is 33.2. The normalized spacial score (nSPS) is 21.0. The molecule has 114 valence electrons. The maximum Gasteiger partial charge on any atom is 0.375 e. The highest BCUT2D eigenvalue weighted by atomic mass is 31.2. The van der Waals surface area contributed by atoms with Gasteiger partial charge in [0.25, 0.3) is 0 Å². The average Bonchev–Trinajstić information content (AvgIpc) is 3.28. The molecule has 0 spiro atoms. The van der Waals surface area contributed by atoms with E-state index in [1.165, 1.54) is 27.1 Å². The van der Waals surface area contributed by atoms with Crippen molar-refractivity contribution in [2.75, 3.05) is 20.8 Å². The zero-order valence-corrected chi connectivity index (χ0v) is 12.8. The Balaban J connectivity index is 1.89. The van der Waals surface area contributed by atoms with E-state index in [0.717, 1.165) is 0 Å². The van der Waals surface area contributed by atoms with Crippen LogP contribution in [0.4, 0.5) is 0 Å². The Morgan fingerprint density at radius 1 is 1.29 bits per heavy atom. The summed E-state index contributed by atoms with van der Waals surface area (Å²) in [4.78, 5) is 11.8. The van der Waals surface area contributed by atoms with Gasteiger partial charge in [0.1, 0.15) is 5.75 Å². The fraction of sp³-hybridized carbons (Fsp3) is 0.500. The molecule has 1 atom stereocenters. The molecular weight excluding hydrogens is 295 g/mol. The first kappa shape index (κ1) is 14.6. The summed E-state index contributed by atoms with van der Waals surface area (Å²) in [6.07, 6.45) is 2.38. The second-order valence-corrected chi connectivity index (χ2v) is 7.45. The Bertz CT molecular complexity index is 601. The van der Waals surface area contributed by atoms with E-state index in [4.69, 9.17) is 18.5 Å². The fourth-order valence-corrected chi connectivity index (χ4v) is 3.56. The van der Waals surface area contributed by atoms with Gasteiger partial charge in [-0.05, 0) is 37.0 Å². The maximum atomic E-state index is 12.5. The van der Waals surface area contributed by atoms with Gasteiger partial charge in [-0.1, -0.05) is 0 Å². The molecule has 7 heteroatoms. The van der Waals surface area contributed by atoms with Crippen molar-refractivity contribution in [1.29, 1.82) is 0 Å². The zero-order chi connectivity index (χ0) is 15.0. The van der Waals surface area contributed by atoms with Gasteiger partial charge in [-0.15, -0.1) is 0 Å². The number of ether oxygens (including phenoxy) is 2. The molecule has 21 heavy (non-hydrogen) atoms. The Hall–Kier alpha value is -1.36. The first-order chi connectivity index (χ1) is 10.1. The zero-order valence-electron chi connectivity index (χ0n) is 11.9. The molecule has 0 aromatic heterocycles. The van der Waals surface area contributed by atoms with Gasteiger partial charge in [0.15, 0.2) is 0 Å². The third-order valence-corrected chi connectivity index (χ3v) is 5.68. The summed E-state index contributed by atoms with van der Waals surface area (Å²) in [7, 11) is -1.01. The minimum Gasteiger partial charge on any atom is -0.493 e. The van der Waals surface area contributed by atoms with Crippen molar-refractivity contribution in [3.05, 3.63) is 29.3 Å². The molecule has 1 aliphatic carbocycles. The lowest BCUT2D eigenvalue weighted by molar-refractivity contribution is 0.0456. The van der Waals surface area contributed by atoms with Crippen molar-refractivity contribution in [1.82, 2.24) is 0 Å². The summed E-state index contributed by atoms with van der Waals surface area (Å²) in [5.41, 5.74) is 0.855. The number of benzene rings is 1. The number of carbonyl (C=O) groups excluding carboxylic acids is 1. The molecule has 0 N–H and O–H groups in total. The van der Waals surface area contributed by atoms with Crippen LogP contribution in [0.5, 0.6) is 5.75 Å². The molecular formula is C14H17O6P. The smallest absolute Gasteiger partial charge is 0.375 e. The number of rotatable bonds is 6. The van der Waals surface area contributed by atoms with Gasteiger partial charge in [-0.25, -0.2) is 4.79 Å². The minimum atomic E-state index is -3.54. The van der Waals surface area contributed by atoms with Gasteiger partial charge >= 0.3 is 13.6 Å². The van der Waals surface area contributed by atoms with E-state index >= 15 is 0 Å². The van der Waals surface area contributed by atoms with Crippen LogP contribution in [0, 0.1) is 5.92 Å². The van der Waals surface area contributed by atoms with Crippen LogP contribution in [0.1, 0.15) is 34.6 Å². The Morgan fingerprint density at radius 2 is 2.00 bits per heavy atom. The SMILES string of the molecule is COP(=O)(OC)C1OC(=O)c2ccc(OCC3CC3)cc21. The first-order valence-corrected chi connectivity index (χ1v) is 8.37. The summed E-state index contributed by atoms with van der Waals surface area (Å²) in [6, 6.07) is 5.02. The van der Waals surface area contributed by atoms with E-state index in [0.29, 0.717) is 29.4 Å². The van der Waals surface area contributed by atoms with Crippen molar-refractivity contribution >= 4 is 13.6 Å².